The average molecular weight is 434 g/mol. The van der Waals surface area contributed by atoms with Crippen LogP contribution >= 0.6 is 15.9 Å². The molecule has 27 heavy (non-hydrogen) atoms. The molecule has 0 radical (unpaired) electrons. The van der Waals surface area contributed by atoms with E-state index in [9.17, 15) is 0 Å². The lowest BCUT2D eigenvalue weighted by atomic mass is 10.1. The van der Waals surface area contributed by atoms with Crippen molar-refractivity contribution in [3.63, 3.8) is 0 Å². The van der Waals surface area contributed by atoms with Gasteiger partial charge in [0.1, 0.15) is 12.4 Å². The van der Waals surface area contributed by atoms with Crippen LogP contribution in [0.3, 0.4) is 0 Å². The Labute approximate surface area is 168 Å². The molecule has 1 saturated heterocycles. The zero-order valence-corrected chi connectivity index (χ0v) is 16.7. The van der Waals surface area contributed by atoms with Gasteiger partial charge < -0.3 is 20.0 Å². The number of oxime groups is 1. The molecule has 0 bridgehead atoms. The van der Waals surface area contributed by atoms with Crippen LogP contribution in [-0.2, 0) is 16.1 Å². The van der Waals surface area contributed by atoms with Gasteiger partial charge in [-0.25, -0.2) is 0 Å². The minimum atomic E-state index is 0.324. The number of rotatable bonds is 8. The maximum absolute atomic E-state index is 6.05. The van der Waals surface area contributed by atoms with Crippen molar-refractivity contribution >= 4 is 21.8 Å². The van der Waals surface area contributed by atoms with E-state index in [2.05, 4.69) is 38.1 Å². The summed E-state index contributed by atoms with van der Waals surface area (Å²) in [4.78, 5) is 7.65. The molecule has 2 aromatic carbocycles. The second-order valence-corrected chi connectivity index (χ2v) is 7.12. The van der Waals surface area contributed by atoms with E-state index >= 15 is 0 Å². The summed E-state index contributed by atoms with van der Waals surface area (Å²) in [6, 6.07) is 15.7. The molecule has 1 heterocycles. The molecule has 0 aromatic heterocycles. The van der Waals surface area contributed by atoms with E-state index in [0.29, 0.717) is 19.0 Å². The summed E-state index contributed by atoms with van der Waals surface area (Å²) in [5.41, 5.74) is 8.11. The molecule has 3 rings (SSSR count). The summed E-state index contributed by atoms with van der Waals surface area (Å²) in [5, 5.41) is 4.00. The van der Waals surface area contributed by atoms with E-state index in [1.165, 1.54) is 5.56 Å². The number of morpholine rings is 1. The fourth-order valence-electron chi connectivity index (χ4n) is 2.74. The molecule has 0 aliphatic carbocycles. The molecule has 1 aliphatic rings. The first kappa shape index (κ1) is 19.7. The second-order valence-electron chi connectivity index (χ2n) is 6.20. The number of benzene rings is 2. The van der Waals surface area contributed by atoms with Gasteiger partial charge in [0.25, 0.3) is 0 Å². The Morgan fingerprint density at radius 3 is 2.67 bits per heavy atom. The van der Waals surface area contributed by atoms with Crippen molar-refractivity contribution in [2.75, 3.05) is 39.5 Å². The molecule has 0 amide bonds. The van der Waals surface area contributed by atoms with Gasteiger partial charge in [0.15, 0.2) is 12.4 Å². The van der Waals surface area contributed by atoms with Crippen molar-refractivity contribution in [1.82, 2.24) is 4.90 Å². The van der Waals surface area contributed by atoms with E-state index in [4.69, 9.17) is 20.0 Å². The lowest BCUT2D eigenvalue weighted by Gasteiger charge is -2.26. The molecule has 0 atom stereocenters. The number of amidine groups is 1. The van der Waals surface area contributed by atoms with Crippen molar-refractivity contribution in [3.05, 3.63) is 64.1 Å². The Balaban J connectivity index is 1.45. The summed E-state index contributed by atoms with van der Waals surface area (Å²) in [5.74, 6) is 1.15. The number of hydrogen-bond acceptors (Lipinski definition) is 5. The SMILES string of the molecule is N/C(=N/OCCOc1ccc(Br)cc1)c1cccc(CN2CCOCC2)c1. The van der Waals surface area contributed by atoms with Gasteiger partial charge in [-0.3, -0.25) is 4.90 Å². The Morgan fingerprint density at radius 2 is 1.89 bits per heavy atom. The first-order chi connectivity index (χ1) is 13.2. The van der Waals surface area contributed by atoms with Crippen LogP contribution in [0.2, 0.25) is 0 Å². The highest BCUT2D eigenvalue weighted by atomic mass is 79.9. The molecular weight excluding hydrogens is 410 g/mol. The van der Waals surface area contributed by atoms with E-state index < -0.39 is 0 Å². The molecule has 6 nitrogen and oxygen atoms in total. The first-order valence-electron chi connectivity index (χ1n) is 8.94. The van der Waals surface area contributed by atoms with Gasteiger partial charge in [-0.15, -0.1) is 0 Å². The Hall–Kier alpha value is -2.09. The Bertz CT molecular complexity index is 746. The summed E-state index contributed by atoms with van der Waals surface area (Å²) >= 11 is 3.39. The largest absolute Gasteiger partial charge is 0.490 e. The monoisotopic (exact) mass is 433 g/mol. The van der Waals surface area contributed by atoms with Gasteiger partial charge >= 0.3 is 0 Å². The molecule has 0 spiro atoms. The molecule has 0 unspecified atom stereocenters. The van der Waals surface area contributed by atoms with Crippen molar-refractivity contribution in [3.8, 4) is 5.75 Å². The highest BCUT2D eigenvalue weighted by Crippen LogP contribution is 2.16. The van der Waals surface area contributed by atoms with Crippen molar-refractivity contribution in [2.24, 2.45) is 10.9 Å². The number of nitrogens with two attached hydrogens (primary N) is 1. The third kappa shape index (κ3) is 6.53. The van der Waals surface area contributed by atoms with Crippen molar-refractivity contribution in [1.29, 1.82) is 0 Å². The van der Waals surface area contributed by atoms with Gasteiger partial charge in [-0.05, 0) is 35.9 Å². The predicted octanol–water partition coefficient (Wildman–Crippen LogP) is 3.00. The normalized spacial score (nSPS) is 15.5. The molecular formula is C20H24BrN3O3. The van der Waals surface area contributed by atoms with Gasteiger partial charge in [0.05, 0.1) is 13.2 Å². The highest BCUT2D eigenvalue weighted by Gasteiger charge is 2.11. The van der Waals surface area contributed by atoms with Gasteiger partial charge in [-0.1, -0.05) is 39.3 Å². The van der Waals surface area contributed by atoms with E-state index in [0.717, 1.165) is 48.6 Å². The summed E-state index contributed by atoms with van der Waals surface area (Å²) in [6.07, 6.45) is 0. The lowest BCUT2D eigenvalue weighted by Crippen LogP contribution is -2.35. The van der Waals surface area contributed by atoms with E-state index in [1.807, 2.05) is 36.4 Å². The topological polar surface area (TPSA) is 69.3 Å². The van der Waals surface area contributed by atoms with Gasteiger partial charge in [0.2, 0.25) is 0 Å². The molecule has 7 heteroatoms. The first-order valence-corrected chi connectivity index (χ1v) is 9.73. The molecule has 1 aliphatic heterocycles. The molecule has 2 N–H and O–H groups in total. The summed E-state index contributed by atoms with van der Waals surface area (Å²) in [6.45, 7) is 5.09. The third-order valence-corrected chi connectivity index (χ3v) is 4.68. The Kier molecular flexibility index (Phi) is 7.50. The van der Waals surface area contributed by atoms with Crippen molar-refractivity contribution < 1.29 is 14.3 Å². The molecule has 144 valence electrons. The lowest BCUT2D eigenvalue weighted by molar-refractivity contribution is 0.0342. The van der Waals surface area contributed by atoms with Crippen LogP contribution in [0.5, 0.6) is 5.75 Å². The van der Waals surface area contributed by atoms with Crippen LogP contribution in [-0.4, -0.2) is 50.3 Å². The smallest absolute Gasteiger partial charge is 0.170 e. The number of halogens is 1. The molecule has 0 saturated carbocycles. The standard InChI is InChI=1S/C20H24BrN3O3/c21-18-4-6-19(7-5-18)26-12-13-27-23-20(22)17-3-1-2-16(14-17)15-24-8-10-25-11-9-24/h1-7,14H,8-13,15H2,(H2,22,23). The Morgan fingerprint density at radius 1 is 1.11 bits per heavy atom. The van der Waals surface area contributed by atoms with Crippen LogP contribution in [0.1, 0.15) is 11.1 Å². The average Bonchev–Trinajstić information content (AvgIpc) is 2.70. The zero-order valence-electron chi connectivity index (χ0n) is 15.1. The predicted molar refractivity (Wildman–Crippen MR) is 109 cm³/mol. The second kappa shape index (κ2) is 10.3. The fourth-order valence-corrected chi connectivity index (χ4v) is 3.01. The third-order valence-electron chi connectivity index (χ3n) is 4.15. The quantitative estimate of drug-likeness (QED) is 0.300. The number of nitrogens with zero attached hydrogens (tertiary/aromatic N) is 2. The zero-order chi connectivity index (χ0) is 18.9. The minimum absolute atomic E-state index is 0.324. The highest BCUT2D eigenvalue weighted by molar-refractivity contribution is 9.10. The summed E-state index contributed by atoms with van der Waals surface area (Å²) < 4.78 is 12.0. The molecule has 1 fully saturated rings. The molecule has 2 aromatic rings. The van der Waals surface area contributed by atoms with Crippen molar-refractivity contribution in [2.45, 2.75) is 6.54 Å². The maximum atomic E-state index is 6.05. The maximum Gasteiger partial charge on any atom is 0.170 e. The van der Waals surface area contributed by atoms with Crippen LogP contribution < -0.4 is 10.5 Å². The number of ether oxygens (including phenoxy) is 2. The van der Waals surface area contributed by atoms with E-state index in [1.54, 1.807) is 0 Å². The van der Waals surface area contributed by atoms with E-state index in [-0.39, 0.29) is 0 Å². The van der Waals surface area contributed by atoms with Gasteiger partial charge in [-0.2, -0.15) is 0 Å². The van der Waals surface area contributed by atoms with Gasteiger partial charge in [0, 0.05) is 29.7 Å². The summed E-state index contributed by atoms with van der Waals surface area (Å²) in [7, 11) is 0. The van der Waals surface area contributed by atoms with Crippen LogP contribution in [0.15, 0.2) is 58.2 Å². The van der Waals surface area contributed by atoms with Crippen LogP contribution in [0.25, 0.3) is 0 Å². The van der Waals surface area contributed by atoms with Crippen LogP contribution in [0, 0.1) is 0 Å². The minimum Gasteiger partial charge on any atom is -0.490 e. The van der Waals surface area contributed by atoms with Crippen LogP contribution in [0.4, 0.5) is 0 Å². The fraction of sp³-hybridized carbons (Fsp3) is 0.350. The number of hydrogen-bond donors (Lipinski definition) is 1.